The summed E-state index contributed by atoms with van der Waals surface area (Å²) in [6, 6.07) is 0. The molecule has 1 aliphatic rings. The van der Waals surface area contributed by atoms with Gasteiger partial charge in [-0.1, -0.05) is 0 Å². The average molecular weight is 88.0 g/mol. The van der Waals surface area contributed by atoms with Crippen molar-refractivity contribution in [2.45, 2.75) is 0 Å². The van der Waals surface area contributed by atoms with E-state index in [0.29, 0.717) is 0 Å². The highest BCUT2D eigenvalue weighted by Gasteiger charge is 1.83. The van der Waals surface area contributed by atoms with Crippen LogP contribution in [0.4, 0.5) is 0 Å². The highest BCUT2D eigenvalue weighted by atomic mass is 31.1. The van der Waals surface area contributed by atoms with Crippen LogP contribution in [0.2, 0.25) is 0 Å². The minimum Gasteiger partial charge on any atom is -0.292 e. The van der Waals surface area contributed by atoms with Gasteiger partial charge in [0.2, 0.25) is 0 Å². The second kappa shape index (κ2) is 1.37. The molecule has 1 unspecified atom stereocenters. The summed E-state index contributed by atoms with van der Waals surface area (Å²) in [6.07, 6.45) is 3.01. The molecule has 0 amide bonds. The topological polar surface area (TPSA) is 24.4 Å². The van der Waals surface area contributed by atoms with E-state index in [2.05, 4.69) is 10.3 Å². The van der Waals surface area contributed by atoms with Gasteiger partial charge >= 0.3 is 0 Å². The molecule has 0 spiro atoms. The normalized spacial score (nSPS) is 24.0. The zero-order valence-corrected chi connectivity index (χ0v) is 3.73. The van der Waals surface area contributed by atoms with E-state index in [-0.39, 0.29) is 0 Å². The highest BCUT2D eigenvalue weighted by molar-refractivity contribution is 7.37. The van der Waals surface area contributed by atoms with Crippen LogP contribution in [0.1, 0.15) is 0 Å². The third kappa shape index (κ3) is 0.586. The van der Waals surface area contributed by atoms with E-state index in [1.54, 1.807) is 0 Å². The summed E-state index contributed by atoms with van der Waals surface area (Å²) in [4.78, 5) is 0. The Kier molecular flexibility index (Phi) is 0.848. The van der Waals surface area contributed by atoms with Gasteiger partial charge in [0, 0.05) is 12.4 Å². The molecular formula is C2H5N2P. The van der Waals surface area contributed by atoms with Crippen LogP contribution in [-0.4, -0.2) is 12.4 Å². The lowest BCUT2D eigenvalue weighted by Crippen LogP contribution is -1.74. The number of rotatable bonds is 0. The van der Waals surface area contributed by atoms with Crippen LogP contribution in [0.15, 0.2) is 5.10 Å². The van der Waals surface area contributed by atoms with E-state index in [4.69, 9.17) is 0 Å². The smallest absolute Gasteiger partial charge is 0.0303 e. The summed E-state index contributed by atoms with van der Waals surface area (Å²) in [7, 11) is 0.836. The van der Waals surface area contributed by atoms with Crippen molar-refractivity contribution in [2.75, 3.05) is 6.16 Å². The van der Waals surface area contributed by atoms with Crippen molar-refractivity contribution in [3.05, 3.63) is 0 Å². The van der Waals surface area contributed by atoms with E-state index in [1.165, 1.54) is 0 Å². The van der Waals surface area contributed by atoms with Crippen LogP contribution in [0, 0.1) is 0 Å². The fourth-order valence-corrected chi connectivity index (χ4v) is 0.685. The molecule has 0 aromatic heterocycles. The largest absolute Gasteiger partial charge is 0.292 e. The average Bonchev–Trinajstić information content (AvgIpc) is 1.76. The van der Waals surface area contributed by atoms with Crippen LogP contribution < -0.4 is 5.20 Å². The van der Waals surface area contributed by atoms with Crippen LogP contribution in [0.25, 0.3) is 0 Å². The van der Waals surface area contributed by atoms with E-state index >= 15 is 0 Å². The van der Waals surface area contributed by atoms with Crippen molar-refractivity contribution in [2.24, 2.45) is 5.10 Å². The molecule has 0 aliphatic carbocycles. The summed E-state index contributed by atoms with van der Waals surface area (Å²) in [5.41, 5.74) is 0. The van der Waals surface area contributed by atoms with Crippen LogP contribution in [0.5, 0.6) is 0 Å². The summed E-state index contributed by atoms with van der Waals surface area (Å²) in [5.74, 6) is 0. The maximum Gasteiger partial charge on any atom is 0.0303 e. The summed E-state index contributed by atoms with van der Waals surface area (Å²) in [5, 5.41) is 6.54. The first-order chi connectivity index (χ1) is 2.50. The van der Waals surface area contributed by atoms with Gasteiger partial charge in [0.1, 0.15) is 0 Å². The van der Waals surface area contributed by atoms with Crippen LogP contribution >= 0.6 is 8.73 Å². The molecule has 2 nitrogen and oxygen atoms in total. The maximum absolute atomic E-state index is 3.72. The number of nitrogens with zero attached hydrogens (tertiary/aromatic N) is 1. The van der Waals surface area contributed by atoms with Crippen molar-refractivity contribution in [3.8, 4) is 0 Å². The lowest BCUT2D eigenvalue weighted by Gasteiger charge is -1.76. The number of hydrazone groups is 1. The van der Waals surface area contributed by atoms with E-state index in [9.17, 15) is 0 Å². The van der Waals surface area contributed by atoms with Gasteiger partial charge in [0.05, 0.1) is 0 Å². The first kappa shape index (κ1) is 3.10. The zero-order chi connectivity index (χ0) is 3.54. The molecule has 0 bridgehead atoms. The van der Waals surface area contributed by atoms with Gasteiger partial charge < -0.3 is 0 Å². The number of nitrogens with one attached hydrogen (secondary N) is 1. The van der Waals surface area contributed by atoms with Crippen LogP contribution in [-0.2, 0) is 0 Å². The van der Waals surface area contributed by atoms with Crippen molar-refractivity contribution < 1.29 is 0 Å². The van der Waals surface area contributed by atoms with Gasteiger partial charge in [-0.2, -0.15) is 5.10 Å². The molecule has 1 rings (SSSR count). The van der Waals surface area contributed by atoms with Gasteiger partial charge in [-0.15, -0.1) is 0 Å². The highest BCUT2D eigenvalue weighted by Crippen LogP contribution is 2.03. The Morgan fingerprint density at radius 1 is 2.00 bits per heavy atom. The molecule has 0 saturated heterocycles. The zero-order valence-electron chi connectivity index (χ0n) is 2.73. The van der Waals surface area contributed by atoms with Crippen molar-refractivity contribution in [3.63, 3.8) is 0 Å². The maximum atomic E-state index is 3.72. The Morgan fingerprint density at radius 3 is 3.20 bits per heavy atom. The lowest BCUT2D eigenvalue weighted by molar-refractivity contribution is 1.14. The van der Waals surface area contributed by atoms with Crippen molar-refractivity contribution in [1.82, 2.24) is 5.20 Å². The van der Waals surface area contributed by atoms with Gasteiger partial charge in [0.25, 0.3) is 0 Å². The Balaban J connectivity index is 2.32. The molecule has 1 aliphatic heterocycles. The van der Waals surface area contributed by atoms with E-state index < -0.39 is 0 Å². The molecule has 0 radical (unpaired) electrons. The molecule has 1 heterocycles. The molecular weight excluding hydrogens is 83.0 g/mol. The molecule has 28 valence electrons. The lowest BCUT2D eigenvalue weighted by atomic mass is 10.9. The van der Waals surface area contributed by atoms with Crippen LogP contribution in [0.3, 0.4) is 0 Å². The molecule has 3 heteroatoms. The predicted molar refractivity (Wildman–Crippen MR) is 24.8 cm³/mol. The predicted octanol–water partition coefficient (Wildman–Crippen LogP) is 0.169. The van der Waals surface area contributed by atoms with Gasteiger partial charge in [-0.3, -0.25) is 5.20 Å². The molecule has 0 aromatic carbocycles. The fraction of sp³-hybridized carbons (Fsp3) is 0.500. The standard InChI is InChI=1S/C2H5N2P/c1-2-5-4-3-1/h1,4-5H,2H2. The Morgan fingerprint density at radius 2 is 3.00 bits per heavy atom. The number of hydrogen-bond acceptors (Lipinski definition) is 2. The first-order valence-corrected chi connectivity index (χ1v) is 2.70. The molecule has 0 fully saturated rings. The molecule has 1 atom stereocenters. The number of hydrogen-bond donors (Lipinski definition) is 1. The third-order valence-corrected chi connectivity index (χ3v) is 1.10. The van der Waals surface area contributed by atoms with Gasteiger partial charge in [-0.25, -0.2) is 0 Å². The van der Waals surface area contributed by atoms with E-state index in [0.717, 1.165) is 14.9 Å². The second-order valence-electron chi connectivity index (χ2n) is 0.804. The molecule has 1 N–H and O–H groups in total. The Labute approximate surface area is 32.5 Å². The minimum atomic E-state index is 0.836. The SMILES string of the molecule is C1=NNPC1. The quantitative estimate of drug-likeness (QED) is 0.419. The minimum absolute atomic E-state index is 0.836. The fourth-order valence-electron chi connectivity index (χ4n) is 0.228. The molecule has 0 saturated carbocycles. The Bertz CT molecular complexity index is 45.6. The summed E-state index contributed by atoms with van der Waals surface area (Å²) >= 11 is 0. The van der Waals surface area contributed by atoms with Crippen molar-refractivity contribution >= 4 is 14.9 Å². The molecule has 0 aromatic rings. The van der Waals surface area contributed by atoms with Crippen molar-refractivity contribution in [1.29, 1.82) is 0 Å². The van der Waals surface area contributed by atoms with E-state index in [1.807, 2.05) is 6.21 Å². The second-order valence-corrected chi connectivity index (χ2v) is 1.79. The van der Waals surface area contributed by atoms with Gasteiger partial charge in [0.15, 0.2) is 0 Å². The third-order valence-electron chi connectivity index (χ3n) is 0.428. The summed E-state index contributed by atoms with van der Waals surface area (Å²) < 4.78 is 0. The monoisotopic (exact) mass is 88.0 g/mol. The van der Waals surface area contributed by atoms with Gasteiger partial charge in [-0.05, 0) is 8.73 Å². The summed E-state index contributed by atoms with van der Waals surface area (Å²) in [6.45, 7) is 0. The first-order valence-electron chi connectivity index (χ1n) is 1.49. The Hall–Kier alpha value is -0.100. The molecule has 5 heavy (non-hydrogen) atoms.